The molecule has 0 radical (unpaired) electrons. The fourth-order valence-corrected chi connectivity index (χ4v) is 4.19. The smallest absolute Gasteiger partial charge is 0.285 e. The van der Waals surface area contributed by atoms with E-state index in [2.05, 4.69) is 25.7 Å². The SMILES string of the molecule is [2H]c1cc(-c2ccc3nnn(CC(F)F)c3c2)c2c(OC)nc(N[C@@H]3CCN(C(=O)C([2H])([2H])[2H])CC3(F)F)nn12. The lowest BCUT2D eigenvalue weighted by molar-refractivity contribution is -0.140. The third-order valence-electron chi connectivity index (χ3n) is 5.92. The molecular weight excluding hydrogens is 484 g/mol. The van der Waals surface area contributed by atoms with Crippen molar-refractivity contribution in [2.24, 2.45) is 0 Å². The summed E-state index contributed by atoms with van der Waals surface area (Å²) in [4.78, 5) is 16.8. The number of ether oxygens (including phenoxy) is 1. The molecule has 1 aromatic carbocycles. The van der Waals surface area contributed by atoms with Crippen LogP contribution in [0.2, 0.25) is 0 Å². The molecule has 1 aliphatic heterocycles. The quantitative estimate of drug-likeness (QED) is 0.398. The number of carbonyl (C=O) groups is 1. The molecule has 0 bridgehead atoms. The summed E-state index contributed by atoms with van der Waals surface area (Å²) in [7, 11) is 1.30. The van der Waals surface area contributed by atoms with E-state index in [0.717, 1.165) is 9.20 Å². The number of nitrogens with zero attached hydrogens (tertiary/aromatic N) is 7. The molecule has 0 unspecified atom stereocenters. The summed E-state index contributed by atoms with van der Waals surface area (Å²) >= 11 is 0. The minimum absolute atomic E-state index is 0.0522. The maximum atomic E-state index is 14.9. The van der Waals surface area contributed by atoms with Crippen molar-refractivity contribution in [3.63, 3.8) is 0 Å². The summed E-state index contributed by atoms with van der Waals surface area (Å²) in [6.07, 6.45) is -3.08. The van der Waals surface area contributed by atoms with Gasteiger partial charge in [0.25, 0.3) is 12.3 Å². The molecule has 1 fully saturated rings. The molecule has 1 saturated heterocycles. The molecule has 190 valence electrons. The molecule has 0 aliphatic carbocycles. The highest BCUT2D eigenvalue weighted by molar-refractivity contribution is 5.89. The standard InChI is InChI=1S/C22H22F4N8O2/c1-12(35)32-7-6-17(22(25,26)11-32)27-21-28-20(36-2)19-14(5-8-33(19)30-21)13-3-4-15-16(9-13)34(31-29-15)10-18(23)24/h3-5,8-9,17-18H,6-7,10-11H2,1-2H3,(H,27,30)/t17-/m1/s1/i1D3,8D. The second-order valence-electron chi connectivity index (χ2n) is 8.23. The molecule has 36 heavy (non-hydrogen) atoms. The molecular formula is C22H22F4N8O2. The van der Waals surface area contributed by atoms with Gasteiger partial charge in [0, 0.05) is 29.2 Å². The molecule has 3 aromatic heterocycles. The second-order valence-corrected chi connectivity index (χ2v) is 8.23. The summed E-state index contributed by atoms with van der Waals surface area (Å²) < 4.78 is 93.4. The van der Waals surface area contributed by atoms with Crippen LogP contribution < -0.4 is 10.1 Å². The number of likely N-dealkylation sites (tertiary alicyclic amines) is 1. The number of anilines is 1. The molecule has 5 rings (SSSR count). The third kappa shape index (κ3) is 4.27. The molecule has 4 aromatic rings. The van der Waals surface area contributed by atoms with E-state index in [1.54, 1.807) is 18.2 Å². The van der Waals surface area contributed by atoms with Crippen LogP contribution >= 0.6 is 0 Å². The maximum Gasteiger partial charge on any atom is 0.285 e. The zero-order chi connectivity index (χ0) is 29.0. The zero-order valence-electron chi connectivity index (χ0n) is 22.8. The lowest BCUT2D eigenvalue weighted by Crippen LogP contribution is -2.55. The van der Waals surface area contributed by atoms with E-state index in [9.17, 15) is 22.4 Å². The number of methoxy groups -OCH3 is 1. The van der Waals surface area contributed by atoms with Crippen molar-refractivity contribution in [3.05, 3.63) is 30.4 Å². The summed E-state index contributed by atoms with van der Waals surface area (Å²) in [6, 6.07) is 4.71. The van der Waals surface area contributed by atoms with Crippen molar-refractivity contribution in [2.75, 3.05) is 25.5 Å². The van der Waals surface area contributed by atoms with Gasteiger partial charge in [0.2, 0.25) is 17.7 Å². The Morgan fingerprint density at radius 2 is 2.22 bits per heavy atom. The van der Waals surface area contributed by atoms with Crippen LogP contribution in [0.3, 0.4) is 0 Å². The van der Waals surface area contributed by atoms with Gasteiger partial charge in [-0.15, -0.1) is 10.2 Å². The number of benzene rings is 1. The first-order valence-corrected chi connectivity index (χ1v) is 10.8. The first kappa shape index (κ1) is 19.2. The number of nitrogens with one attached hydrogen (secondary N) is 1. The van der Waals surface area contributed by atoms with Crippen LogP contribution in [0.4, 0.5) is 23.5 Å². The number of fused-ring (bicyclic) bond motifs is 2. The van der Waals surface area contributed by atoms with Gasteiger partial charge in [0.15, 0.2) is 0 Å². The van der Waals surface area contributed by atoms with Crippen LogP contribution in [0.1, 0.15) is 18.8 Å². The molecule has 14 heteroatoms. The lowest BCUT2D eigenvalue weighted by Gasteiger charge is -2.38. The van der Waals surface area contributed by atoms with Crippen LogP contribution in [0, 0.1) is 0 Å². The van der Waals surface area contributed by atoms with E-state index >= 15 is 0 Å². The Hall–Kier alpha value is -3.97. The molecule has 4 heterocycles. The number of piperidine rings is 1. The van der Waals surface area contributed by atoms with E-state index in [4.69, 9.17) is 10.2 Å². The van der Waals surface area contributed by atoms with E-state index < -0.39 is 44.2 Å². The predicted octanol–water partition coefficient (Wildman–Crippen LogP) is 3.08. The van der Waals surface area contributed by atoms with Crippen molar-refractivity contribution in [1.82, 2.24) is 34.5 Å². The first-order valence-electron chi connectivity index (χ1n) is 12.8. The fraction of sp³-hybridized carbons (Fsp3) is 0.409. The van der Waals surface area contributed by atoms with E-state index in [1.807, 2.05) is 0 Å². The number of halogens is 4. The average Bonchev–Trinajstić information content (AvgIpc) is 3.43. The van der Waals surface area contributed by atoms with Gasteiger partial charge >= 0.3 is 0 Å². The minimum Gasteiger partial charge on any atom is -0.479 e. The summed E-state index contributed by atoms with van der Waals surface area (Å²) in [5.41, 5.74) is 1.88. The second kappa shape index (κ2) is 8.91. The van der Waals surface area contributed by atoms with Crippen LogP contribution in [0.25, 0.3) is 27.7 Å². The Morgan fingerprint density at radius 3 is 2.94 bits per heavy atom. The fourth-order valence-electron chi connectivity index (χ4n) is 4.19. The van der Waals surface area contributed by atoms with Crippen molar-refractivity contribution in [2.45, 2.75) is 38.2 Å². The Balaban J connectivity index is 1.47. The van der Waals surface area contributed by atoms with Crippen LogP contribution in [-0.4, -0.2) is 79.0 Å². The minimum atomic E-state index is -3.51. The number of aromatic nitrogens is 6. The highest BCUT2D eigenvalue weighted by atomic mass is 19.3. The number of alkyl halides is 4. The predicted molar refractivity (Wildman–Crippen MR) is 121 cm³/mol. The van der Waals surface area contributed by atoms with Crippen molar-refractivity contribution in [1.29, 1.82) is 0 Å². The Kier molecular flexibility index (Phi) is 4.77. The number of amides is 1. The summed E-state index contributed by atoms with van der Waals surface area (Å²) in [6.45, 7) is -5.01. The third-order valence-corrected chi connectivity index (χ3v) is 5.92. The van der Waals surface area contributed by atoms with Crippen LogP contribution in [0.15, 0.2) is 30.4 Å². The van der Waals surface area contributed by atoms with Gasteiger partial charge in [-0.05, 0) is 30.2 Å². The van der Waals surface area contributed by atoms with Crippen molar-refractivity contribution in [3.8, 4) is 17.0 Å². The van der Waals surface area contributed by atoms with Crippen molar-refractivity contribution < 1.29 is 32.6 Å². The van der Waals surface area contributed by atoms with Gasteiger partial charge in [-0.1, -0.05) is 11.3 Å². The topological polar surface area (TPSA) is 102 Å². The largest absolute Gasteiger partial charge is 0.479 e. The summed E-state index contributed by atoms with van der Waals surface area (Å²) in [5.74, 6) is -5.20. The molecule has 0 saturated carbocycles. The lowest BCUT2D eigenvalue weighted by atomic mass is 10.0. The van der Waals surface area contributed by atoms with Gasteiger partial charge in [-0.25, -0.2) is 26.8 Å². The van der Waals surface area contributed by atoms with E-state index in [1.165, 1.54) is 13.2 Å². The highest BCUT2D eigenvalue weighted by Gasteiger charge is 2.45. The van der Waals surface area contributed by atoms with Gasteiger partial charge in [-0.3, -0.25) is 4.79 Å². The maximum absolute atomic E-state index is 14.9. The molecule has 1 amide bonds. The molecule has 10 nitrogen and oxygen atoms in total. The molecule has 1 N–H and O–H groups in total. The first-order chi connectivity index (χ1) is 18.8. The van der Waals surface area contributed by atoms with Crippen LogP contribution in [-0.2, 0) is 11.3 Å². The van der Waals surface area contributed by atoms with E-state index in [-0.39, 0.29) is 36.5 Å². The number of hydrogen-bond donors (Lipinski definition) is 1. The van der Waals surface area contributed by atoms with Crippen molar-refractivity contribution >= 4 is 28.4 Å². The highest BCUT2D eigenvalue weighted by Crippen LogP contribution is 2.34. The Labute approximate surface area is 207 Å². The van der Waals surface area contributed by atoms with Gasteiger partial charge in [-0.2, -0.15) is 4.98 Å². The van der Waals surface area contributed by atoms with Crippen LogP contribution in [0.5, 0.6) is 5.88 Å². The summed E-state index contributed by atoms with van der Waals surface area (Å²) in [5, 5.41) is 14.4. The molecule has 1 aliphatic rings. The average molecular weight is 510 g/mol. The van der Waals surface area contributed by atoms with E-state index in [0.29, 0.717) is 27.1 Å². The molecule has 1 atom stereocenters. The number of hydrogen-bond acceptors (Lipinski definition) is 7. The van der Waals surface area contributed by atoms with Gasteiger partial charge in [0.1, 0.15) is 17.6 Å². The van der Waals surface area contributed by atoms with Gasteiger partial charge < -0.3 is 15.0 Å². The zero-order valence-corrected chi connectivity index (χ0v) is 18.8. The van der Waals surface area contributed by atoms with Gasteiger partial charge in [0.05, 0.1) is 26.6 Å². The monoisotopic (exact) mass is 510 g/mol. The number of carbonyl (C=O) groups excluding carboxylic acids is 1. The molecule has 0 spiro atoms. The number of rotatable bonds is 6. The Bertz CT molecular complexity index is 1590. The Morgan fingerprint density at radius 1 is 1.39 bits per heavy atom. The normalized spacial score (nSPS) is 19.7.